The van der Waals surface area contributed by atoms with E-state index in [1.807, 2.05) is 90.1 Å². The fraction of sp³-hybridized carbons (Fsp3) is 0.565. The van der Waals surface area contributed by atoms with Gasteiger partial charge < -0.3 is 55.3 Å². The zero-order valence-corrected chi connectivity index (χ0v) is 40.1. The molecule has 2 aromatic carbocycles. The number of ether oxygens (including phenoxy) is 3. The van der Waals surface area contributed by atoms with Gasteiger partial charge in [0.2, 0.25) is 11.8 Å². The molecule has 5 rings (SSSR count). The van der Waals surface area contributed by atoms with Crippen LogP contribution in [-0.4, -0.2) is 144 Å². The first kappa shape index (κ1) is 58.7. The molecule has 0 radical (unpaired) electrons. The molecular formula is C46H70ClN3O12S2. The summed E-state index contributed by atoms with van der Waals surface area (Å²) >= 11 is 3.14. The second-order valence-electron chi connectivity index (χ2n) is 17.4. The molecule has 0 unspecified atom stereocenters. The smallest absolute Gasteiger partial charge is 0.338 e. The lowest BCUT2D eigenvalue weighted by atomic mass is 9.92. The fourth-order valence-electron chi connectivity index (χ4n) is 6.42. The highest BCUT2D eigenvalue weighted by atomic mass is 35.5. The first-order valence-electron chi connectivity index (χ1n) is 20.2. The van der Waals surface area contributed by atoms with E-state index in [9.17, 15) is 44.7 Å². The molecule has 0 bridgehead atoms. The number of likely N-dealkylation sites (N-methyl/N-ethyl adjacent to an activating group) is 1. The van der Waals surface area contributed by atoms with Gasteiger partial charge in [-0.2, -0.15) is 0 Å². The second-order valence-corrected chi connectivity index (χ2v) is 19.6. The van der Waals surface area contributed by atoms with Gasteiger partial charge in [0.15, 0.2) is 18.0 Å². The van der Waals surface area contributed by atoms with Gasteiger partial charge in [-0.1, -0.05) is 97.5 Å². The Labute approximate surface area is 393 Å². The number of allylic oxidation sites excluding steroid dienone is 2. The number of halogens is 1. The number of hydrogen-bond acceptors (Lipinski definition) is 15. The van der Waals surface area contributed by atoms with E-state index in [1.54, 1.807) is 47.8 Å². The molecule has 0 spiro atoms. The number of ketones is 1. The van der Waals surface area contributed by atoms with Gasteiger partial charge in [-0.15, -0.1) is 35.9 Å². The summed E-state index contributed by atoms with van der Waals surface area (Å²) in [6, 6.07) is 15.0. The number of hydrogen-bond donors (Lipinski definition) is 6. The average Bonchev–Trinajstić information content (AvgIpc) is 3.40. The van der Waals surface area contributed by atoms with Crippen LogP contribution < -0.4 is 15.5 Å². The molecule has 1 fully saturated rings. The van der Waals surface area contributed by atoms with E-state index in [2.05, 4.69) is 0 Å². The summed E-state index contributed by atoms with van der Waals surface area (Å²) in [5, 5.41) is 50.6. The molecule has 2 amide bonds. The molecule has 1 saturated heterocycles. The molecule has 18 heteroatoms. The number of thioether (sulfide) groups is 2. The minimum absolute atomic E-state index is 0. The van der Waals surface area contributed by atoms with Gasteiger partial charge in [-0.25, -0.2) is 4.79 Å². The molecule has 7 N–H and O–H groups in total. The third kappa shape index (κ3) is 16.5. The van der Waals surface area contributed by atoms with Crippen LogP contribution in [0.4, 0.5) is 11.4 Å². The minimum Gasteiger partial charge on any atom is -0.454 e. The topological polar surface area (TPSA) is 230 Å². The lowest BCUT2D eigenvalue weighted by molar-refractivity contribution is -0.150. The second kappa shape index (κ2) is 26.1. The maximum absolute atomic E-state index is 12.9. The van der Waals surface area contributed by atoms with Crippen LogP contribution in [-0.2, 0) is 33.4 Å². The molecule has 2 aromatic rings. The van der Waals surface area contributed by atoms with Crippen LogP contribution in [0.3, 0.4) is 0 Å². The largest absolute Gasteiger partial charge is 0.454 e. The number of methoxy groups -OCH3 is 2. The van der Waals surface area contributed by atoms with Crippen LogP contribution in [0, 0.1) is 16.7 Å². The number of rotatable bonds is 11. The van der Waals surface area contributed by atoms with E-state index in [4.69, 9.17) is 19.9 Å². The van der Waals surface area contributed by atoms with E-state index < -0.39 is 72.5 Å². The maximum atomic E-state index is 12.9. The van der Waals surface area contributed by atoms with Crippen molar-refractivity contribution < 1.29 is 58.9 Å². The van der Waals surface area contributed by atoms with E-state index >= 15 is 0 Å². The van der Waals surface area contributed by atoms with Crippen LogP contribution in [0.2, 0.25) is 0 Å². The summed E-state index contributed by atoms with van der Waals surface area (Å²) in [6.07, 6.45) is -3.84. The summed E-state index contributed by atoms with van der Waals surface area (Å²) in [5.41, 5.74) is 7.17. The van der Waals surface area contributed by atoms with Crippen molar-refractivity contribution in [2.45, 2.75) is 120 Å². The van der Waals surface area contributed by atoms with Crippen LogP contribution in [0.5, 0.6) is 0 Å². The van der Waals surface area contributed by atoms with E-state index in [-0.39, 0.29) is 48.9 Å². The first-order valence-corrected chi connectivity index (χ1v) is 22.2. The van der Waals surface area contributed by atoms with Gasteiger partial charge in [0.1, 0.15) is 36.6 Å². The Morgan fingerprint density at radius 2 is 1.31 bits per heavy atom. The Balaban J connectivity index is 0.000000522. The van der Waals surface area contributed by atoms with Crippen LogP contribution in [0.25, 0.3) is 0 Å². The van der Waals surface area contributed by atoms with Crippen molar-refractivity contribution in [2.24, 2.45) is 22.5 Å². The zero-order chi connectivity index (χ0) is 46.7. The fourth-order valence-corrected chi connectivity index (χ4v) is 8.62. The number of anilines is 2. The number of aliphatic hydroxyl groups excluding tert-OH is 5. The number of cyclic esters (lactones) is 1. The monoisotopic (exact) mass is 955 g/mol. The summed E-state index contributed by atoms with van der Waals surface area (Å²) in [5.74, 6) is -0.875. The molecular weight excluding hydrogens is 886 g/mol. The van der Waals surface area contributed by atoms with Crippen molar-refractivity contribution in [3.63, 3.8) is 0 Å². The molecule has 0 saturated carbocycles. The van der Waals surface area contributed by atoms with Crippen LogP contribution >= 0.6 is 35.9 Å². The third-order valence-corrected chi connectivity index (χ3v) is 12.4. The molecule has 3 aliphatic heterocycles. The predicted molar refractivity (Wildman–Crippen MR) is 255 cm³/mol. The molecule has 15 nitrogen and oxygen atoms in total. The Kier molecular flexibility index (Phi) is 24.0. The van der Waals surface area contributed by atoms with Crippen LogP contribution in [0.15, 0.2) is 82.6 Å². The van der Waals surface area contributed by atoms with Gasteiger partial charge in [-0.05, 0) is 35.1 Å². The van der Waals surface area contributed by atoms with Crippen molar-refractivity contribution in [1.82, 2.24) is 0 Å². The number of amides is 2. The van der Waals surface area contributed by atoms with Gasteiger partial charge >= 0.3 is 5.97 Å². The molecule has 64 heavy (non-hydrogen) atoms. The molecule has 0 aromatic heterocycles. The van der Waals surface area contributed by atoms with Crippen molar-refractivity contribution >= 4 is 70.9 Å². The predicted octanol–water partition coefficient (Wildman–Crippen LogP) is 4.42. The highest BCUT2D eigenvalue weighted by molar-refractivity contribution is 7.99. The highest BCUT2D eigenvalue weighted by Crippen LogP contribution is 2.37. The Hall–Kier alpha value is -3.33. The molecule has 3 heterocycles. The molecule has 3 aliphatic rings. The Morgan fingerprint density at radius 3 is 1.80 bits per heavy atom. The number of fused-ring (bicyclic) bond motifs is 2. The molecule has 360 valence electrons. The van der Waals surface area contributed by atoms with Crippen molar-refractivity contribution in [3.05, 3.63) is 72.8 Å². The highest BCUT2D eigenvalue weighted by Gasteiger charge is 2.47. The number of carbonyl (C=O) groups is 4. The molecule has 0 aliphatic carbocycles. The number of Topliss-reactive ketones (excluding diaryl/α,β-unsaturated/α-hetero) is 1. The number of benzene rings is 2. The van der Waals surface area contributed by atoms with Gasteiger partial charge in [0.25, 0.3) is 0 Å². The van der Waals surface area contributed by atoms with Gasteiger partial charge in [0.05, 0.1) is 23.3 Å². The SMILES string of the molecule is C.CN1C(=O)[C@@H](N)CSc2ccccc21.CO[C@@H](C(=O)C[C@H]1CSc2ccccc2N(C)C1=O)[C@H](O)[C@@H](O)[C@H](O)/C=C/C(C)(C)C.CO[C@H]1C(=O)O[C@@H]([C@H](O)/C=C/C(C)(C)C)[C@H]1O.Cl. The van der Waals surface area contributed by atoms with E-state index in [1.165, 1.54) is 38.1 Å². The number of carbonyl (C=O) groups excluding carboxylic acids is 4. The Morgan fingerprint density at radius 1 is 0.828 bits per heavy atom. The summed E-state index contributed by atoms with van der Waals surface area (Å²) in [6.45, 7) is 11.7. The van der Waals surface area contributed by atoms with Crippen molar-refractivity contribution in [3.8, 4) is 0 Å². The number of aliphatic hydroxyl groups is 5. The third-order valence-electron chi connectivity index (χ3n) is 9.98. The summed E-state index contributed by atoms with van der Waals surface area (Å²) in [4.78, 5) is 54.0. The van der Waals surface area contributed by atoms with E-state index in [0.29, 0.717) is 11.5 Å². The summed E-state index contributed by atoms with van der Waals surface area (Å²) < 4.78 is 14.9. The Bertz CT molecular complexity index is 1890. The number of esters is 1. The van der Waals surface area contributed by atoms with Crippen molar-refractivity contribution in [1.29, 1.82) is 0 Å². The average molecular weight is 957 g/mol. The quantitative estimate of drug-likeness (QED) is 0.135. The van der Waals surface area contributed by atoms with Gasteiger partial charge in [0, 0.05) is 56.0 Å². The lowest BCUT2D eigenvalue weighted by Gasteiger charge is -2.28. The zero-order valence-electron chi connectivity index (χ0n) is 37.6. The number of nitrogens with zero attached hydrogens (tertiary/aromatic N) is 2. The maximum Gasteiger partial charge on any atom is 0.338 e. The first-order chi connectivity index (χ1) is 28.9. The summed E-state index contributed by atoms with van der Waals surface area (Å²) in [7, 11) is 6.01. The lowest BCUT2D eigenvalue weighted by Crippen LogP contribution is -2.49. The van der Waals surface area contributed by atoms with Crippen molar-refractivity contribution in [2.75, 3.05) is 49.6 Å². The standard InChI is InChI=1S/C23H33NO6S.C12H20O5.C10H12N2OS.CH4.ClH/c1-23(2,3)11-10-16(25)19(27)20(28)21(30-5)17(26)12-14-13-31-18-9-7-6-8-15(18)24(4)22(14)29;1-12(2,3)6-5-7(13)9-8(14)10(16-4)11(15)17-9;1-12-8-4-2-3-5-9(8)14-6-7(11)10(12)13;;/h6-11,14,16,19-21,25,27-28H,12-13H2,1-5H3;5-10,13-14H,1-4H3;2-5,7H,6,11H2,1H3;1H4;1H/b11-10+;6-5+;;;/t14-,16+,19-,20+,21-;7-,8-,9+,10-;7-;;/m010../s1. The normalized spacial score (nSPS) is 23.6. The molecule has 10 atom stereocenters. The number of para-hydroxylation sites is 2. The van der Waals surface area contributed by atoms with E-state index in [0.717, 1.165) is 21.2 Å². The van der Waals surface area contributed by atoms with Crippen LogP contribution in [0.1, 0.15) is 55.4 Å². The van der Waals surface area contributed by atoms with Gasteiger partial charge in [-0.3, -0.25) is 14.4 Å². The number of nitrogens with two attached hydrogens (primary N) is 1. The minimum atomic E-state index is -1.64.